The van der Waals surface area contributed by atoms with Crippen molar-refractivity contribution in [3.8, 4) is 0 Å². The lowest BCUT2D eigenvalue weighted by Gasteiger charge is -2.24. The highest BCUT2D eigenvalue weighted by molar-refractivity contribution is 5.77. The number of amides is 1. The molecule has 2 heterocycles. The number of imidazole rings is 1. The van der Waals surface area contributed by atoms with Crippen LogP contribution >= 0.6 is 0 Å². The number of rotatable bonds is 8. The lowest BCUT2D eigenvalue weighted by Crippen LogP contribution is -2.34. The average Bonchev–Trinajstić information content (AvgIpc) is 3.32. The Balaban J connectivity index is 1.80. The maximum atomic E-state index is 13.0. The second-order valence-electron chi connectivity index (χ2n) is 6.22. The number of furan rings is 1. The van der Waals surface area contributed by atoms with E-state index in [0.29, 0.717) is 6.54 Å². The molecular weight excluding hydrogens is 330 g/mol. The molecule has 6 heteroatoms. The topological polar surface area (TPSA) is 71.5 Å². The number of aryl methyl sites for hydroxylation is 1. The van der Waals surface area contributed by atoms with Crippen molar-refractivity contribution in [2.45, 2.75) is 18.9 Å². The van der Waals surface area contributed by atoms with Gasteiger partial charge in [0, 0.05) is 26.2 Å². The summed E-state index contributed by atoms with van der Waals surface area (Å²) in [7, 11) is 1.89. The fourth-order valence-electron chi connectivity index (χ4n) is 3.01. The van der Waals surface area contributed by atoms with Gasteiger partial charge in [0.15, 0.2) is 0 Å². The Morgan fingerprint density at radius 1 is 1.27 bits per heavy atom. The highest BCUT2D eigenvalue weighted by atomic mass is 16.3. The molecule has 0 radical (unpaired) electrons. The molecule has 1 atom stereocenters. The molecule has 0 saturated carbocycles. The third-order valence-electron chi connectivity index (χ3n) is 4.46. The molecule has 1 N–H and O–H groups in total. The molecule has 0 aliphatic heterocycles. The summed E-state index contributed by atoms with van der Waals surface area (Å²) >= 11 is 0. The van der Waals surface area contributed by atoms with Crippen LogP contribution in [0.15, 0.2) is 65.7 Å². The van der Waals surface area contributed by atoms with E-state index < -0.39 is 0 Å². The van der Waals surface area contributed by atoms with Gasteiger partial charge in [-0.25, -0.2) is 4.98 Å². The lowest BCUT2D eigenvalue weighted by molar-refractivity contribution is -0.132. The number of aliphatic hydroxyl groups is 1. The summed E-state index contributed by atoms with van der Waals surface area (Å²) in [5.74, 6) is 0.561. The number of carbonyl (C=O) groups excluding carboxylic acids is 1. The normalized spacial score (nSPS) is 12.1. The molecule has 1 amide bonds. The van der Waals surface area contributed by atoms with Crippen LogP contribution in [0.4, 0.5) is 0 Å². The van der Waals surface area contributed by atoms with Gasteiger partial charge in [-0.1, -0.05) is 30.3 Å². The van der Waals surface area contributed by atoms with Crippen molar-refractivity contribution < 1.29 is 14.3 Å². The Morgan fingerprint density at radius 2 is 2.08 bits per heavy atom. The second kappa shape index (κ2) is 8.49. The van der Waals surface area contributed by atoms with Gasteiger partial charge in [0.25, 0.3) is 0 Å². The molecule has 0 saturated heterocycles. The van der Waals surface area contributed by atoms with Crippen LogP contribution in [0, 0.1) is 0 Å². The van der Waals surface area contributed by atoms with E-state index in [9.17, 15) is 9.90 Å². The second-order valence-corrected chi connectivity index (χ2v) is 6.22. The average molecular weight is 353 g/mol. The maximum absolute atomic E-state index is 13.0. The number of carbonyl (C=O) groups is 1. The molecule has 2 aromatic heterocycles. The molecule has 0 aliphatic rings. The van der Waals surface area contributed by atoms with Crippen molar-refractivity contribution in [3.63, 3.8) is 0 Å². The van der Waals surface area contributed by atoms with Crippen molar-refractivity contribution in [1.29, 1.82) is 0 Å². The molecule has 136 valence electrons. The molecule has 0 fully saturated rings. The molecular formula is C20H23N3O3. The third kappa shape index (κ3) is 4.21. The lowest BCUT2D eigenvalue weighted by atomic mass is 9.92. The zero-order valence-electron chi connectivity index (χ0n) is 14.8. The molecule has 26 heavy (non-hydrogen) atoms. The Kier molecular flexibility index (Phi) is 5.86. The highest BCUT2D eigenvalue weighted by Crippen LogP contribution is 2.29. The molecule has 0 spiro atoms. The molecule has 3 rings (SSSR count). The van der Waals surface area contributed by atoms with E-state index in [1.807, 2.05) is 54.1 Å². The van der Waals surface area contributed by atoms with E-state index in [-0.39, 0.29) is 31.4 Å². The fraction of sp³-hybridized carbons (Fsp3) is 0.300. The number of aliphatic hydroxyl groups excluding tert-OH is 1. The number of hydrogen-bond acceptors (Lipinski definition) is 4. The first-order chi connectivity index (χ1) is 12.7. The van der Waals surface area contributed by atoms with Gasteiger partial charge in [-0.05, 0) is 17.7 Å². The molecule has 0 aliphatic carbocycles. The van der Waals surface area contributed by atoms with Crippen LogP contribution in [0.1, 0.15) is 29.4 Å². The van der Waals surface area contributed by atoms with Crippen molar-refractivity contribution in [3.05, 3.63) is 78.3 Å². The van der Waals surface area contributed by atoms with Crippen LogP contribution in [-0.2, 0) is 18.4 Å². The highest BCUT2D eigenvalue weighted by Gasteiger charge is 2.24. The maximum Gasteiger partial charge on any atom is 0.224 e. The quantitative estimate of drug-likeness (QED) is 0.676. The van der Waals surface area contributed by atoms with Crippen molar-refractivity contribution in [1.82, 2.24) is 14.5 Å². The standard InChI is InChI=1S/C20H23N3O3/c1-22-15-21-13-17(22)14-23(9-10-24)20(25)12-18(19-8-5-11-26-19)16-6-3-2-4-7-16/h2-8,11,13,15,18,24H,9-10,12,14H2,1H3. The predicted molar refractivity (Wildman–Crippen MR) is 97.3 cm³/mol. The smallest absolute Gasteiger partial charge is 0.224 e. The summed E-state index contributed by atoms with van der Waals surface area (Å²) in [6, 6.07) is 13.6. The Labute approximate surface area is 152 Å². The van der Waals surface area contributed by atoms with Gasteiger partial charge < -0.3 is 19.0 Å². The van der Waals surface area contributed by atoms with Gasteiger partial charge >= 0.3 is 0 Å². The SMILES string of the molecule is Cn1cncc1CN(CCO)C(=O)CC(c1ccccc1)c1ccco1. The molecule has 3 aromatic rings. The van der Waals surface area contributed by atoms with E-state index >= 15 is 0 Å². The van der Waals surface area contributed by atoms with Gasteiger partial charge in [-0.15, -0.1) is 0 Å². The Morgan fingerprint density at radius 3 is 2.69 bits per heavy atom. The van der Waals surface area contributed by atoms with Crippen LogP contribution in [0.5, 0.6) is 0 Å². The van der Waals surface area contributed by atoms with Gasteiger partial charge in [-0.2, -0.15) is 0 Å². The van der Waals surface area contributed by atoms with Crippen molar-refractivity contribution in [2.24, 2.45) is 7.05 Å². The number of hydrogen-bond donors (Lipinski definition) is 1. The first kappa shape index (κ1) is 17.9. The van der Waals surface area contributed by atoms with Gasteiger partial charge in [-0.3, -0.25) is 4.79 Å². The third-order valence-corrected chi connectivity index (χ3v) is 4.46. The minimum absolute atomic E-state index is 0.0366. The first-order valence-electron chi connectivity index (χ1n) is 8.61. The van der Waals surface area contributed by atoms with Crippen LogP contribution in [0.25, 0.3) is 0 Å². The number of nitrogens with zero attached hydrogens (tertiary/aromatic N) is 3. The van der Waals surface area contributed by atoms with Gasteiger partial charge in [0.1, 0.15) is 5.76 Å². The van der Waals surface area contributed by atoms with Gasteiger partial charge in [0.2, 0.25) is 5.91 Å². The fourth-order valence-corrected chi connectivity index (χ4v) is 3.01. The first-order valence-corrected chi connectivity index (χ1v) is 8.61. The Hall–Kier alpha value is -2.86. The van der Waals surface area contributed by atoms with Crippen molar-refractivity contribution in [2.75, 3.05) is 13.2 Å². The predicted octanol–water partition coefficient (Wildman–Crippen LogP) is 2.56. The summed E-state index contributed by atoms with van der Waals surface area (Å²) < 4.78 is 7.46. The van der Waals surface area contributed by atoms with Crippen LogP contribution < -0.4 is 0 Å². The van der Waals surface area contributed by atoms with E-state index in [2.05, 4.69) is 4.98 Å². The zero-order valence-corrected chi connectivity index (χ0v) is 14.8. The van der Waals surface area contributed by atoms with Crippen LogP contribution in [0.2, 0.25) is 0 Å². The summed E-state index contributed by atoms with van der Waals surface area (Å²) in [5.41, 5.74) is 1.95. The number of aromatic nitrogens is 2. The van der Waals surface area contributed by atoms with Crippen molar-refractivity contribution >= 4 is 5.91 Å². The summed E-state index contributed by atoms with van der Waals surface area (Å²) in [6.45, 7) is 0.611. The van der Waals surface area contributed by atoms with Crippen LogP contribution in [0.3, 0.4) is 0 Å². The van der Waals surface area contributed by atoms with E-state index in [4.69, 9.17) is 4.42 Å². The molecule has 1 aromatic carbocycles. The van der Waals surface area contributed by atoms with Crippen LogP contribution in [-0.4, -0.2) is 38.6 Å². The minimum atomic E-state index is -0.161. The monoisotopic (exact) mass is 353 g/mol. The van der Waals surface area contributed by atoms with E-state index in [1.54, 1.807) is 23.7 Å². The summed E-state index contributed by atoms with van der Waals surface area (Å²) in [5, 5.41) is 9.38. The minimum Gasteiger partial charge on any atom is -0.469 e. The molecule has 0 bridgehead atoms. The largest absolute Gasteiger partial charge is 0.469 e. The van der Waals surface area contributed by atoms with E-state index in [0.717, 1.165) is 17.0 Å². The summed E-state index contributed by atoms with van der Waals surface area (Å²) in [4.78, 5) is 18.7. The zero-order chi connectivity index (χ0) is 18.4. The summed E-state index contributed by atoms with van der Waals surface area (Å²) in [6.07, 6.45) is 5.33. The van der Waals surface area contributed by atoms with E-state index in [1.165, 1.54) is 0 Å². The Bertz CT molecular complexity index is 812. The molecule has 1 unspecified atom stereocenters. The van der Waals surface area contributed by atoms with Gasteiger partial charge in [0.05, 0.1) is 37.4 Å². The molecule has 6 nitrogen and oxygen atoms in total. The number of benzene rings is 1.